The zero-order valence-electron chi connectivity index (χ0n) is 17.7. The van der Waals surface area contributed by atoms with Crippen LogP contribution in [0.3, 0.4) is 0 Å². The molecule has 2 N–H and O–H groups in total. The molecule has 1 saturated heterocycles. The highest BCUT2D eigenvalue weighted by Crippen LogP contribution is 2.26. The second-order valence-electron chi connectivity index (χ2n) is 7.45. The van der Waals surface area contributed by atoms with Crippen molar-refractivity contribution < 1.29 is 14.4 Å². The molecule has 3 aromatic rings. The normalized spacial score (nSPS) is 15.5. The zero-order chi connectivity index (χ0) is 23.2. The van der Waals surface area contributed by atoms with Crippen LogP contribution in [-0.2, 0) is 16.1 Å². The van der Waals surface area contributed by atoms with E-state index in [0.717, 1.165) is 5.56 Å². The number of benzene rings is 3. The Balaban J connectivity index is 1.54. The van der Waals surface area contributed by atoms with Crippen molar-refractivity contribution in [1.29, 1.82) is 0 Å². The van der Waals surface area contributed by atoms with Crippen LogP contribution in [0.2, 0.25) is 0 Å². The lowest BCUT2D eigenvalue weighted by atomic mass is 10.1. The smallest absolute Gasteiger partial charge is 0.269 e. The lowest BCUT2D eigenvalue weighted by Crippen LogP contribution is -2.50. The SMILES string of the molecule is O=C(C[C@@H]1C(=O)N(c2ccccc2)C(=S)N1NC(=O)c1ccccc1)NCc1ccccc1. The summed E-state index contributed by atoms with van der Waals surface area (Å²) in [6.45, 7) is 0.337. The lowest BCUT2D eigenvalue weighted by Gasteiger charge is -2.24. The van der Waals surface area contributed by atoms with Crippen molar-refractivity contribution in [3.8, 4) is 0 Å². The van der Waals surface area contributed by atoms with E-state index >= 15 is 0 Å². The summed E-state index contributed by atoms with van der Waals surface area (Å²) in [7, 11) is 0. The Hall–Kier alpha value is -4.04. The van der Waals surface area contributed by atoms with Crippen LogP contribution in [0.25, 0.3) is 0 Å². The molecule has 1 heterocycles. The van der Waals surface area contributed by atoms with Crippen LogP contribution in [-0.4, -0.2) is 33.9 Å². The maximum absolute atomic E-state index is 13.3. The Morgan fingerprint density at radius 3 is 2.06 bits per heavy atom. The Bertz CT molecular complexity index is 1160. The molecular weight excluding hydrogens is 436 g/mol. The molecule has 166 valence electrons. The number of hydrogen-bond donors (Lipinski definition) is 2. The summed E-state index contributed by atoms with van der Waals surface area (Å²) in [5.74, 6) is -1.13. The number of rotatable bonds is 7. The minimum atomic E-state index is -0.971. The van der Waals surface area contributed by atoms with E-state index in [4.69, 9.17) is 12.2 Å². The van der Waals surface area contributed by atoms with Crippen molar-refractivity contribution in [1.82, 2.24) is 15.8 Å². The Morgan fingerprint density at radius 2 is 1.42 bits per heavy atom. The molecule has 1 atom stereocenters. The highest BCUT2D eigenvalue weighted by molar-refractivity contribution is 7.80. The quantitative estimate of drug-likeness (QED) is 0.532. The third-order valence-electron chi connectivity index (χ3n) is 5.20. The van der Waals surface area contributed by atoms with E-state index in [1.165, 1.54) is 9.91 Å². The minimum absolute atomic E-state index is 0.108. The second kappa shape index (κ2) is 10.1. The predicted molar refractivity (Wildman–Crippen MR) is 129 cm³/mol. The third kappa shape index (κ3) is 5.07. The van der Waals surface area contributed by atoms with Crippen molar-refractivity contribution in [2.75, 3.05) is 4.90 Å². The molecule has 33 heavy (non-hydrogen) atoms. The summed E-state index contributed by atoms with van der Waals surface area (Å²) >= 11 is 5.55. The number of thiocarbonyl (C=S) groups is 1. The number of para-hydroxylation sites is 1. The summed E-state index contributed by atoms with van der Waals surface area (Å²) in [5.41, 5.74) is 4.64. The number of carbonyl (C=O) groups is 3. The topological polar surface area (TPSA) is 81.8 Å². The van der Waals surface area contributed by atoms with Gasteiger partial charge in [0.15, 0.2) is 0 Å². The van der Waals surface area contributed by atoms with Crippen LogP contribution >= 0.6 is 12.2 Å². The van der Waals surface area contributed by atoms with Gasteiger partial charge in [-0.25, -0.2) is 5.01 Å². The first kappa shape index (κ1) is 22.2. The van der Waals surface area contributed by atoms with Gasteiger partial charge in [-0.3, -0.25) is 24.7 Å². The van der Waals surface area contributed by atoms with E-state index in [1.807, 2.05) is 36.4 Å². The number of hydrogen-bond acceptors (Lipinski definition) is 4. The van der Waals surface area contributed by atoms with E-state index in [2.05, 4.69) is 10.7 Å². The van der Waals surface area contributed by atoms with Gasteiger partial charge in [-0.15, -0.1) is 0 Å². The standard InChI is InChI=1S/C25H22N4O3S/c30-22(26-17-18-10-4-1-5-11-18)16-21-24(32)28(20-14-8-3-9-15-20)25(33)29(21)27-23(31)19-12-6-2-7-13-19/h1-15,21H,16-17H2,(H,26,30)(H,27,31)/t21-/m1/s1. The van der Waals surface area contributed by atoms with Gasteiger partial charge < -0.3 is 5.32 Å². The molecule has 8 heteroatoms. The van der Waals surface area contributed by atoms with Gasteiger partial charge in [0.1, 0.15) is 6.04 Å². The van der Waals surface area contributed by atoms with Gasteiger partial charge in [-0.2, -0.15) is 0 Å². The number of carbonyl (C=O) groups excluding carboxylic acids is 3. The number of anilines is 1. The monoisotopic (exact) mass is 458 g/mol. The van der Waals surface area contributed by atoms with Gasteiger partial charge in [-0.05, 0) is 42.0 Å². The number of hydrazine groups is 1. The highest BCUT2D eigenvalue weighted by Gasteiger charge is 2.45. The molecule has 3 amide bonds. The molecule has 1 aliphatic rings. The lowest BCUT2D eigenvalue weighted by molar-refractivity contribution is -0.127. The fourth-order valence-electron chi connectivity index (χ4n) is 3.52. The van der Waals surface area contributed by atoms with E-state index in [0.29, 0.717) is 17.8 Å². The van der Waals surface area contributed by atoms with E-state index in [9.17, 15) is 14.4 Å². The average molecular weight is 459 g/mol. The first-order valence-corrected chi connectivity index (χ1v) is 10.8. The van der Waals surface area contributed by atoms with Crippen molar-refractivity contribution in [3.05, 3.63) is 102 Å². The highest BCUT2D eigenvalue weighted by atomic mass is 32.1. The molecule has 0 saturated carbocycles. The van der Waals surface area contributed by atoms with Crippen LogP contribution < -0.4 is 15.6 Å². The zero-order valence-corrected chi connectivity index (χ0v) is 18.5. The van der Waals surface area contributed by atoms with E-state index in [1.54, 1.807) is 54.6 Å². The minimum Gasteiger partial charge on any atom is -0.352 e. The molecule has 4 rings (SSSR count). The summed E-state index contributed by atoms with van der Waals surface area (Å²) in [6, 6.07) is 26.0. The molecule has 3 aromatic carbocycles. The largest absolute Gasteiger partial charge is 0.352 e. The Labute approximate surface area is 197 Å². The molecule has 0 spiro atoms. The van der Waals surface area contributed by atoms with Crippen molar-refractivity contribution in [3.63, 3.8) is 0 Å². The number of nitrogens with one attached hydrogen (secondary N) is 2. The van der Waals surface area contributed by atoms with Crippen LogP contribution in [0.1, 0.15) is 22.3 Å². The maximum atomic E-state index is 13.3. The van der Waals surface area contributed by atoms with Crippen molar-refractivity contribution >= 4 is 40.7 Å². The fraction of sp³-hybridized carbons (Fsp3) is 0.120. The fourth-order valence-corrected chi connectivity index (χ4v) is 3.89. The molecule has 0 aliphatic carbocycles. The van der Waals surface area contributed by atoms with Crippen LogP contribution in [0.4, 0.5) is 5.69 Å². The Kier molecular flexibility index (Phi) is 6.75. The maximum Gasteiger partial charge on any atom is 0.269 e. The van der Waals surface area contributed by atoms with Gasteiger partial charge in [0.25, 0.3) is 11.8 Å². The summed E-state index contributed by atoms with van der Waals surface area (Å²) < 4.78 is 0. The molecule has 1 aliphatic heterocycles. The molecule has 0 aromatic heterocycles. The first-order chi connectivity index (χ1) is 16.0. The van der Waals surface area contributed by atoms with Crippen LogP contribution in [0, 0.1) is 0 Å². The number of nitrogens with zero attached hydrogens (tertiary/aromatic N) is 2. The van der Waals surface area contributed by atoms with Crippen molar-refractivity contribution in [2.24, 2.45) is 0 Å². The molecule has 7 nitrogen and oxygen atoms in total. The summed E-state index contributed by atoms with van der Waals surface area (Å²) in [6.07, 6.45) is -0.162. The van der Waals surface area contributed by atoms with Gasteiger partial charge in [-0.1, -0.05) is 66.7 Å². The molecular formula is C25H22N4O3S. The van der Waals surface area contributed by atoms with Crippen LogP contribution in [0.15, 0.2) is 91.0 Å². The van der Waals surface area contributed by atoms with Gasteiger partial charge in [0.05, 0.1) is 12.1 Å². The predicted octanol–water partition coefficient (Wildman–Crippen LogP) is 3.04. The number of amides is 3. The first-order valence-electron chi connectivity index (χ1n) is 10.4. The van der Waals surface area contributed by atoms with Gasteiger partial charge >= 0.3 is 0 Å². The van der Waals surface area contributed by atoms with E-state index in [-0.39, 0.29) is 23.3 Å². The second-order valence-corrected chi connectivity index (χ2v) is 7.82. The summed E-state index contributed by atoms with van der Waals surface area (Å²) in [4.78, 5) is 40.2. The van der Waals surface area contributed by atoms with Crippen LogP contribution in [0.5, 0.6) is 0 Å². The summed E-state index contributed by atoms with van der Waals surface area (Å²) in [5, 5.41) is 4.24. The molecule has 0 radical (unpaired) electrons. The molecule has 1 fully saturated rings. The molecule has 0 unspecified atom stereocenters. The molecule has 0 bridgehead atoms. The average Bonchev–Trinajstić information content (AvgIpc) is 3.08. The third-order valence-corrected chi connectivity index (χ3v) is 5.58. The van der Waals surface area contributed by atoms with Crippen molar-refractivity contribution in [2.45, 2.75) is 19.0 Å². The van der Waals surface area contributed by atoms with E-state index < -0.39 is 11.9 Å². The Morgan fingerprint density at radius 1 is 0.848 bits per heavy atom. The van der Waals surface area contributed by atoms with Gasteiger partial charge in [0, 0.05) is 12.1 Å². The van der Waals surface area contributed by atoms with Gasteiger partial charge in [0.2, 0.25) is 11.0 Å².